The maximum atomic E-state index is 12.4. The Labute approximate surface area is 198 Å². The molecule has 1 aliphatic rings. The van der Waals surface area contributed by atoms with E-state index in [1.54, 1.807) is 0 Å². The lowest BCUT2D eigenvalue weighted by Crippen LogP contribution is -2.64. The summed E-state index contributed by atoms with van der Waals surface area (Å²) in [6, 6.07) is 0. The van der Waals surface area contributed by atoms with Gasteiger partial charge in [0.15, 0.2) is 6.10 Å². The van der Waals surface area contributed by atoms with Crippen molar-refractivity contribution in [2.75, 3.05) is 13.2 Å². The van der Waals surface area contributed by atoms with Crippen molar-refractivity contribution in [3.63, 3.8) is 0 Å². The number of unbranched alkanes of at least 4 members (excludes halogenated alkanes) is 3. The normalized spacial score (nSPS) is 29.8. The van der Waals surface area contributed by atoms with Crippen LogP contribution in [-0.4, -0.2) is 98.3 Å². The van der Waals surface area contributed by atoms with Crippen LogP contribution in [0.5, 0.6) is 0 Å². The smallest absolute Gasteiger partial charge is 0.462 e. The summed E-state index contributed by atoms with van der Waals surface area (Å²) in [6.07, 6.45) is -9.32. The zero-order chi connectivity index (χ0) is 25.9. The number of ether oxygens (including phenoxy) is 2. The molecule has 0 aromatic carbocycles. The highest BCUT2D eigenvalue weighted by Gasteiger charge is 2.51. The Hall–Kier alpha value is -1.15. The van der Waals surface area contributed by atoms with Crippen LogP contribution in [0.1, 0.15) is 58.8 Å². The second kappa shape index (κ2) is 15.1. The van der Waals surface area contributed by atoms with Gasteiger partial charge in [-0.15, -0.1) is 0 Å². The van der Waals surface area contributed by atoms with Crippen molar-refractivity contribution in [2.24, 2.45) is 0 Å². The molecule has 13 nitrogen and oxygen atoms in total. The van der Waals surface area contributed by atoms with E-state index in [-0.39, 0.29) is 12.8 Å². The Morgan fingerprint density at radius 2 is 1.32 bits per heavy atom. The number of carbonyl (C=O) groups is 2. The van der Waals surface area contributed by atoms with E-state index in [0.29, 0.717) is 12.8 Å². The molecular weight excluding hydrogens is 479 g/mol. The molecule has 0 amide bonds. The molecule has 0 radical (unpaired) electrons. The molecule has 1 aliphatic carbocycles. The van der Waals surface area contributed by atoms with Crippen molar-refractivity contribution in [1.82, 2.24) is 0 Å². The number of rotatable bonds is 15. The Bertz CT molecular complexity index is 659. The predicted molar refractivity (Wildman–Crippen MR) is 115 cm³/mol. The van der Waals surface area contributed by atoms with E-state index in [0.717, 1.165) is 19.3 Å². The van der Waals surface area contributed by atoms with E-state index < -0.39 is 75.7 Å². The fourth-order valence-corrected chi connectivity index (χ4v) is 4.12. The van der Waals surface area contributed by atoms with Crippen LogP contribution in [0.3, 0.4) is 0 Å². The monoisotopic (exact) mass is 516 g/mol. The highest BCUT2D eigenvalue weighted by Crippen LogP contribution is 2.47. The molecule has 0 aromatic heterocycles. The molecular formula is C20H37O13P. The molecule has 6 N–H and O–H groups in total. The molecule has 0 aliphatic heterocycles. The Morgan fingerprint density at radius 1 is 0.794 bits per heavy atom. The first-order valence-corrected chi connectivity index (χ1v) is 12.8. The van der Waals surface area contributed by atoms with Gasteiger partial charge in [-0.25, -0.2) is 4.57 Å². The van der Waals surface area contributed by atoms with Gasteiger partial charge in [-0.3, -0.25) is 18.6 Å². The SMILES string of the molecule is CCCCCC(=O)OC(COC(=O)CCCC)COP(=O)(O)OC1C(O)C(O)C(O)C(O)C1O. The zero-order valence-corrected chi connectivity index (χ0v) is 20.3. The number of aliphatic hydroxyl groups is 5. The van der Waals surface area contributed by atoms with Crippen LogP contribution in [0.4, 0.5) is 0 Å². The van der Waals surface area contributed by atoms with Crippen molar-refractivity contribution in [1.29, 1.82) is 0 Å². The number of carbonyl (C=O) groups excluding carboxylic acids is 2. The number of phosphoric acid groups is 1. The summed E-state index contributed by atoms with van der Waals surface area (Å²) >= 11 is 0. The van der Waals surface area contributed by atoms with Crippen LogP contribution < -0.4 is 0 Å². The maximum absolute atomic E-state index is 12.4. The lowest BCUT2D eigenvalue weighted by molar-refractivity contribution is -0.220. The molecule has 6 unspecified atom stereocenters. The second-order valence-corrected chi connectivity index (χ2v) is 9.55. The summed E-state index contributed by atoms with van der Waals surface area (Å²) in [6.45, 7) is 2.66. The van der Waals surface area contributed by atoms with Crippen molar-refractivity contribution in [2.45, 2.75) is 102 Å². The third-order valence-corrected chi connectivity index (χ3v) is 6.18. The molecule has 6 atom stereocenters. The van der Waals surface area contributed by atoms with Gasteiger partial charge in [0.2, 0.25) is 0 Å². The molecule has 200 valence electrons. The summed E-state index contributed by atoms with van der Waals surface area (Å²) in [4.78, 5) is 33.8. The number of phosphoric ester groups is 1. The average molecular weight is 516 g/mol. The fourth-order valence-electron chi connectivity index (χ4n) is 3.14. The summed E-state index contributed by atoms with van der Waals surface area (Å²) < 4.78 is 32.1. The molecule has 0 bridgehead atoms. The maximum Gasteiger partial charge on any atom is 0.472 e. The van der Waals surface area contributed by atoms with E-state index in [4.69, 9.17) is 18.5 Å². The van der Waals surface area contributed by atoms with Crippen LogP contribution in [0.2, 0.25) is 0 Å². The van der Waals surface area contributed by atoms with Gasteiger partial charge in [-0.05, 0) is 12.8 Å². The minimum Gasteiger partial charge on any atom is -0.462 e. The number of hydrogen-bond donors (Lipinski definition) is 6. The first-order chi connectivity index (χ1) is 15.9. The Balaban J connectivity index is 2.75. The van der Waals surface area contributed by atoms with Crippen molar-refractivity contribution < 1.29 is 63.1 Å². The Kier molecular flexibility index (Phi) is 13.7. The summed E-state index contributed by atoms with van der Waals surface area (Å²) in [5.74, 6) is -1.17. The molecule has 1 rings (SSSR count). The topological polar surface area (TPSA) is 210 Å². The van der Waals surface area contributed by atoms with Crippen molar-refractivity contribution in [3.8, 4) is 0 Å². The predicted octanol–water partition coefficient (Wildman–Crippen LogP) is -0.468. The number of esters is 2. The standard InChI is InChI=1S/C20H37O13P/c1-3-5-7-9-14(22)32-12(10-30-13(21)8-6-4-2)11-31-34(28,29)33-20-18(26)16(24)15(23)17(25)19(20)27/h12,15-20,23-27H,3-11H2,1-2H3,(H,28,29). The van der Waals surface area contributed by atoms with E-state index in [2.05, 4.69) is 0 Å². The average Bonchev–Trinajstić information content (AvgIpc) is 2.79. The van der Waals surface area contributed by atoms with Gasteiger partial charge in [0.05, 0.1) is 6.61 Å². The molecule has 0 spiro atoms. The lowest BCUT2D eigenvalue weighted by Gasteiger charge is -2.41. The first kappa shape index (κ1) is 30.9. The lowest BCUT2D eigenvalue weighted by atomic mass is 9.85. The van der Waals surface area contributed by atoms with Crippen LogP contribution in [0, 0.1) is 0 Å². The van der Waals surface area contributed by atoms with Crippen LogP contribution in [0.25, 0.3) is 0 Å². The Morgan fingerprint density at radius 3 is 1.88 bits per heavy atom. The summed E-state index contributed by atoms with van der Waals surface area (Å²) in [5.41, 5.74) is 0. The number of aliphatic hydroxyl groups excluding tert-OH is 5. The summed E-state index contributed by atoms with van der Waals surface area (Å²) in [7, 11) is -5.05. The first-order valence-electron chi connectivity index (χ1n) is 11.3. The zero-order valence-electron chi connectivity index (χ0n) is 19.4. The van der Waals surface area contributed by atoms with Crippen LogP contribution in [0.15, 0.2) is 0 Å². The third-order valence-electron chi connectivity index (χ3n) is 5.20. The molecule has 1 fully saturated rings. The van der Waals surface area contributed by atoms with Gasteiger partial charge >= 0.3 is 19.8 Å². The minimum atomic E-state index is -5.05. The highest BCUT2D eigenvalue weighted by atomic mass is 31.2. The van der Waals surface area contributed by atoms with Crippen molar-refractivity contribution >= 4 is 19.8 Å². The molecule has 0 heterocycles. The summed E-state index contributed by atoms with van der Waals surface area (Å²) in [5, 5.41) is 48.9. The molecule has 34 heavy (non-hydrogen) atoms. The second-order valence-electron chi connectivity index (χ2n) is 8.14. The fraction of sp³-hybridized carbons (Fsp3) is 0.900. The molecule has 0 saturated heterocycles. The third kappa shape index (κ3) is 10.2. The van der Waals surface area contributed by atoms with Crippen LogP contribution >= 0.6 is 7.82 Å². The molecule has 14 heteroatoms. The largest absolute Gasteiger partial charge is 0.472 e. The molecule has 0 aromatic rings. The van der Waals surface area contributed by atoms with E-state index in [9.17, 15) is 44.6 Å². The van der Waals surface area contributed by atoms with Gasteiger partial charge in [0.1, 0.15) is 43.2 Å². The quantitative estimate of drug-likeness (QED) is 0.0925. The van der Waals surface area contributed by atoms with E-state index in [1.165, 1.54) is 0 Å². The van der Waals surface area contributed by atoms with Crippen molar-refractivity contribution in [3.05, 3.63) is 0 Å². The van der Waals surface area contributed by atoms with Gasteiger partial charge < -0.3 is 39.9 Å². The van der Waals surface area contributed by atoms with Gasteiger partial charge in [-0.2, -0.15) is 0 Å². The van der Waals surface area contributed by atoms with E-state index in [1.807, 2.05) is 13.8 Å². The van der Waals surface area contributed by atoms with Gasteiger partial charge in [-0.1, -0.05) is 33.1 Å². The van der Waals surface area contributed by atoms with Gasteiger partial charge in [0, 0.05) is 12.8 Å². The number of hydrogen-bond acceptors (Lipinski definition) is 12. The van der Waals surface area contributed by atoms with E-state index >= 15 is 0 Å². The highest BCUT2D eigenvalue weighted by molar-refractivity contribution is 7.47. The van der Waals surface area contributed by atoms with Gasteiger partial charge in [0.25, 0.3) is 0 Å². The minimum absolute atomic E-state index is 0.0833. The molecule has 1 saturated carbocycles. The van der Waals surface area contributed by atoms with Crippen LogP contribution in [-0.2, 0) is 32.7 Å².